The summed E-state index contributed by atoms with van der Waals surface area (Å²) in [6, 6.07) is 9.09. The monoisotopic (exact) mass is 264 g/mol. The Kier molecular flexibility index (Phi) is 6.02. The van der Waals surface area contributed by atoms with E-state index in [9.17, 15) is 14.7 Å². The average Bonchev–Trinajstić information content (AvgIpc) is 2.38. The van der Waals surface area contributed by atoms with E-state index in [1.807, 2.05) is 18.2 Å². The van der Waals surface area contributed by atoms with Gasteiger partial charge < -0.3 is 15.3 Å². The molecule has 1 aromatic rings. The Bertz CT molecular complexity index is 418. The molecule has 1 atom stereocenters. The maximum atomic E-state index is 11.4. The van der Waals surface area contributed by atoms with Crippen LogP contribution in [0.25, 0.3) is 0 Å². The highest BCUT2D eigenvalue weighted by molar-refractivity contribution is 5.76. The highest BCUT2D eigenvalue weighted by atomic mass is 16.4. The molecule has 1 aromatic carbocycles. The lowest BCUT2D eigenvalue weighted by molar-refractivity contribution is -0.138. The second kappa shape index (κ2) is 7.53. The van der Waals surface area contributed by atoms with Gasteiger partial charge in [0.2, 0.25) is 5.91 Å². The maximum Gasteiger partial charge on any atom is 0.312 e. The van der Waals surface area contributed by atoms with Crippen molar-refractivity contribution in [3.05, 3.63) is 35.9 Å². The van der Waals surface area contributed by atoms with Crippen molar-refractivity contribution >= 4 is 11.9 Å². The first-order valence-corrected chi connectivity index (χ1v) is 6.21. The molecule has 2 N–H and O–H groups in total. The number of benzene rings is 1. The van der Waals surface area contributed by atoms with Crippen LogP contribution in [0.5, 0.6) is 0 Å². The Balaban J connectivity index is 2.44. The highest BCUT2D eigenvalue weighted by Crippen LogP contribution is 2.14. The van der Waals surface area contributed by atoms with Crippen LogP contribution in [0.15, 0.2) is 30.3 Å². The zero-order valence-corrected chi connectivity index (χ0v) is 11.3. The summed E-state index contributed by atoms with van der Waals surface area (Å²) in [7, 11) is 3.40. The SMILES string of the molecule is CN(C)C(=O)CCNCC(C(=O)O)c1ccccc1. The molecule has 0 bridgehead atoms. The van der Waals surface area contributed by atoms with Crippen molar-refractivity contribution in [1.29, 1.82) is 0 Å². The summed E-state index contributed by atoms with van der Waals surface area (Å²) in [5.74, 6) is -1.42. The third-order valence-corrected chi connectivity index (χ3v) is 2.86. The van der Waals surface area contributed by atoms with Crippen LogP contribution >= 0.6 is 0 Å². The number of hydrogen-bond donors (Lipinski definition) is 2. The quantitative estimate of drug-likeness (QED) is 0.719. The Morgan fingerprint density at radius 1 is 1.26 bits per heavy atom. The largest absolute Gasteiger partial charge is 0.481 e. The molecule has 1 rings (SSSR count). The summed E-state index contributed by atoms with van der Waals surface area (Å²) in [6.07, 6.45) is 0.369. The fourth-order valence-corrected chi connectivity index (χ4v) is 1.70. The minimum atomic E-state index is -0.863. The van der Waals surface area contributed by atoms with E-state index in [0.717, 1.165) is 5.56 Å². The van der Waals surface area contributed by atoms with Gasteiger partial charge in [-0.05, 0) is 5.56 Å². The Labute approximate surface area is 113 Å². The van der Waals surface area contributed by atoms with Gasteiger partial charge in [0.15, 0.2) is 0 Å². The molecule has 0 aromatic heterocycles. The topological polar surface area (TPSA) is 69.6 Å². The summed E-state index contributed by atoms with van der Waals surface area (Å²) in [6.45, 7) is 0.799. The standard InChI is InChI=1S/C14H20N2O3/c1-16(2)13(17)8-9-15-10-12(14(18)19)11-6-4-3-5-7-11/h3-7,12,15H,8-10H2,1-2H3,(H,18,19). The molecule has 5 nitrogen and oxygen atoms in total. The molecule has 0 fully saturated rings. The van der Waals surface area contributed by atoms with Gasteiger partial charge in [0.25, 0.3) is 0 Å². The van der Waals surface area contributed by atoms with Gasteiger partial charge >= 0.3 is 5.97 Å². The highest BCUT2D eigenvalue weighted by Gasteiger charge is 2.18. The Hall–Kier alpha value is -1.88. The molecular formula is C14H20N2O3. The summed E-state index contributed by atoms with van der Waals surface area (Å²) in [5.41, 5.74) is 0.765. The first-order chi connectivity index (χ1) is 9.02. The van der Waals surface area contributed by atoms with E-state index in [1.54, 1.807) is 26.2 Å². The number of carboxylic acids is 1. The van der Waals surface area contributed by atoms with Crippen LogP contribution in [-0.2, 0) is 9.59 Å². The maximum absolute atomic E-state index is 11.4. The van der Waals surface area contributed by atoms with Crippen molar-refractivity contribution < 1.29 is 14.7 Å². The fraction of sp³-hybridized carbons (Fsp3) is 0.429. The van der Waals surface area contributed by atoms with Crippen molar-refractivity contribution in [3.8, 4) is 0 Å². The van der Waals surface area contributed by atoms with Gasteiger partial charge in [0, 0.05) is 33.6 Å². The number of nitrogens with zero attached hydrogens (tertiary/aromatic N) is 1. The number of carbonyl (C=O) groups excluding carboxylic acids is 1. The number of hydrogen-bond acceptors (Lipinski definition) is 3. The van der Waals surface area contributed by atoms with Crippen molar-refractivity contribution in [2.45, 2.75) is 12.3 Å². The van der Waals surface area contributed by atoms with E-state index in [4.69, 9.17) is 0 Å². The fourth-order valence-electron chi connectivity index (χ4n) is 1.70. The van der Waals surface area contributed by atoms with Crippen molar-refractivity contribution in [2.24, 2.45) is 0 Å². The molecule has 0 aliphatic carbocycles. The van der Waals surface area contributed by atoms with E-state index in [-0.39, 0.29) is 5.91 Å². The summed E-state index contributed by atoms with van der Waals surface area (Å²) < 4.78 is 0. The van der Waals surface area contributed by atoms with Crippen LogP contribution in [0, 0.1) is 0 Å². The van der Waals surface area contributed by atoms with Crippen LogP contribution in [0.2, 0.25) is 0 Å². The van der Waals surface area contributed by atoms with Gasteiger partial charge in [-0.1, -0.05) is 30.3 Å². The molecule has 5 heteroatoms. The first-order valence-electron chi connectivity index (χ1n) is 6.21. The summed E-state index contributed by atoms with van der Waals surface area (Å²) in [5, 5.41) is 12.2. The number of carbonyl (C=O) groups is 2. The number of aliphatic carboxylic acids is 1. The lowest BCUT2D eigenvalue weighted by Crippen LogP contribution is -2.31. The molecule has 19 heavy (non-hydrogen) atoms. The van der Waals surface area contributed by atoms with E-state index in [0.29, 0.717) is 19.5 Å². The van der Waals surface area contributed by atoms with Crippen LogP contribution in [0.4, 0.5) is 0 Å². The molecule has 0 aliphatic heterocycles. The predicted molar refractivity (Wildman–Crippen MR) is 73.0 cm³/mol. The second-order valence-corrected chi connectivity index (χ2v) is 4.54. The molecule has 0 heterocycles. The van der Waals surface area contributed by atoms with Gasteiger partial charge in [-0.15, -0.1) is 0 Å². The molecule has 0 saturated heterocycles. The molecule has 0 aliphatic rings. The predicted octanol–water partition coefficient (Wildman–Crippen LogP) is 0.923. The number of amides is 1. The molecular weight excluding hydrogens is 244 g/mol. The number of nitrogens with one attached hydrogen (secondary N) is 1. The van der Waals surface area contributed by atoms with E-state index >= 15 is 0 Å². The Morgan fingerprint density at radius 3 is 2.42 bits per heavy atom. The van der Waals surface area contributed by atoms with E-state index in [1.165, 1.54) is 4.90 Å². The van der Waals surface area contributed by atoms with E-state index in [2.05, 4.69) is 5.32 Å². The van der Waals surface area contributed by atoms with E-state index < -0.39 is 11.9 Å². The molecule has 0 radical (unpaired) electrons. The zero-order chi connectivity index (χ0) is 14.3. The minimum absolute atomic E-state index is 0.0269. The van der Waals surface area contributed by atoms with Gasteiger partial charge in [0.1, 0.15) is 0 Å². The number of rotatable bonds is 7. The molecule has 0 spiro atoms. The van der Waals surface area contributed by atoms with Crippen molar-refractivity contribution in [3.63, 3.8) is 0 Å². The third kappa shape index (κ3) is 5.09. The van der Waals surface area contributed by atoms with Crippen LogP contribution < -0.4 is 5.32 Å². The summed E-state index contributed by atoms with van der Waals surface area (Å²) in [4.78, 5) is 24.1. The summed E-state index contributed by atoms with van der Waals surface area (Å²) >= 11 is 0. The number of carboxylic acid groups (broad SMARTS) is 1. The van der Waals surface area contributed by atoms with Gasteiger partial charge in [-0.25, -0.2) is 0 Å². The minimum Gasteiger partial charge on any atom is -0.481 e. The average molecular weight is 264 g/mol. The smallest absolute Gasteiger partial charge is 0.312 e. The molecule has 104 valence electrons. The third-order valence-electron chi connectivity index (χ3n) is 2.86. The first kappa shape index (κ1) is 15.2. The molecule has 0 saturated carbocycles. The zero-order valence-electron chi connectivity index (χ0n) is 11.3. The molecule has 1 unspecified atom stereocenters. The van der Waals surface area contributed by atoms with Crippen LogP contribution in [-0.4, -0.2) is 49.1 Å². The second-order valence-electron chi connectivity index (χ2n) is 4.54. The van der Waals surface area contributed by atoms with Gasteiger partial charge in [-0.3, -0.25) is 9.59 Å². The molecule has 1 amide bonds. The van der Waals surface area contributed by atoms with Gasteiger partial charge in [-0.2, -0.15) is 0 Å². The van der Waals surface area contributed by atoms with Crippen LogP contribution in [0.1, 0.15) is 17.9 Å². The Morgan fingerprint density at radius 2 is 1.89 bits per heavy atom. The lowest BCUT2D eigenvalue weighted by Gasteiger charge is -2.14. The van der Waals surface area contributed by atoms with Crippen LogP contribution in [0.3, 0.4) is 0 Å². The normalized spacial score (nSPS) is 11.9. The van der Waals surface area contributed by atoms with Crippen molar-refractivity contribution in [2.75, 3.05) is 27.2 Å². The van der Waals surface area contributed by atoms with Gasteiger partial charge in [0.05, 0.1) is 5.92 Å². The van der Waals surface area contributed by atoms with Crippen molar-refractivity contribution in [1.82, 2.24) is 10.2 Å². The lowest BCUT2D eigenvalue weighted by atomic mass is 9.99.